The normalized spacial score (nSPS) is 11.6. The Kier molecular flexibility index (Phi) is 3.95. The Morgan fingerprint density at radius 1 is 1.50 bits per heavy atom. The minimum atomic E-state index is -1.04. The second kappa shape index (κ2) is 5.21. The Labute approximate surface area is 91.7 Å². The summed E-state index contributed by atoms with van der Waals surface area (Å²) in [5.74, 6) is -3.32. The van der Waals surface area contributed by atoms with Crippen LogP contribution in [0, 0.1) is 28.9 Å². The Balaban J connectivity index is 2.78. The number of nitrogens with zero attached hydrogens (tertiary/aromatic N) is 1. The summed E-state index contributed by atoms with van der Waals surface area (Å²) in [4.78, 5) is 11.4. The fourth-order valence-electron chi connectivity index (χ4n) is 1.14. The van der Waals surface area contributed by atoms with Gasteiger partial charge in [-0.05, 0) is 18.6 Å². The maximum absolute atomic E-state index is 12.8. The second-order valence-corrected chi connectivity index (χ2v) is 3.21. The largest absolute Gasteiger partial charge is 0.325 e. The number of nitriles is 1. The lowest BCUT2D eigenvalue weighted by Crippen LogP contribution is -2.20. The second-order valence-electron chi connectivity index (χ2n) is 3.21. The number of hydrogen-bond acceptors (Lipinski definition) is 2. The minimum absolute atomic E-state index is 0.137. The Morgan fingerprint density at radius 2 is 2.19 bits per heavy atom. The smallest absolute Gasteiger partial charge is 0.241 e. The molecule has 0 aromatic heterocycles. The number of carbonyl (C=O) groups is 1. The van der Waals surface area contributed by atoms with E-state index in [0.717, 1.165) is 12.1 Å². The highest BCUT2D eigenvalue weighted by Gasteiger charge is 2.15. The van der Waals surface area contributed by atoms with Gasteiger partial charge in [0.15, 0.2) is 11.6 Å². The van der Waals surface area contributed by atoms with Gasteiger partial charge in [-0.3, -0.25) is 4.79 Å². The molecule has 1 rings (SSSR count). The third-order valence-electron chi connectivity index (χ3n) is 2.07. The van der Waals surface area contributed by atoms with Crippen LogP contribution in [0.5, 0.6) is 0 Å². The molecular formula is C11H10F2N2O. The van der Waals surface area contributed by atoms with Crippen molar-refractivity contribution in [2.24, 2.45) is 5.92 Å². The molecule has 1 atom stereocenters. The van der Waals surface area contributed by atoms with Crippen LogP contribution in [0.15, 0.2) is 18.2 Å². The van der Waals surface area contributed by atoms with Crippen molar-refractivity contribution in [2.75, 3.05) is 5.32 Å². The molecule has 0 aliphatic heterocycles. The first-order chi connectivity index (χ1) is 7.58. The quantitative estimate of drug-likeness (QED) is 0.857. The van der Waals surface area contributed by atoms with E-state index in [2.05, 4.69) is 5.32 Å². The summed E-state index contributed by atoms with van der Waals surface area (Å²) in [6.45, 7) is 1.69. The van der Waals surface area contributed by atoms with Crippen LogP contribution in [0.25, 0.3) is 0 Å². The molecule has 0 aliphatic carbocycles. The molecule has 84 valence electrons. The number of nitrogens with one attached hydrogen (secondary N) is 1. The summed E-state index contributed by atoms with van der Waals surface area (Å²) < 4.78 is 25.4. The van der Waals surface area contributed by atoms with Crippen LogP contribution >= 0.6 is 0 Å². The Bertz CT molecular complexity index is 440. The van der Waals surface area contributed by atoms with Crippen molar-refractivity contribution < 1.29 is 13.6 Å². The fourth-order valence-corrected chi connectivity index (χ4v) is 1.14. The highest BCUT2D eigenvalue weighted by Crippen LogP contribution is 2.14. The standard InChI is InChI=1S/C11H10F2N2O/c1-2-7(6-14)11(16)15-8-3-4-9(12)10(13)5-8/h3-5,7H,2H2,1H3,(H,15,16). The zero-order valence-electron chi connectivity index (χ0n) is 8.63. The van der Waals surface area contributed by atoms with Crippen molar-refractivity contribution in [1.82, 2.24) is 0 Å². The van der Waals surface area contributed by atoms with Crippen LogP contribution in [-0.2, 0) is 4.79 Å². The molecule has 1 amide bonds. The fraction of sp³-hybridized carbons (Fsp3) is 0.273. The molecule has 0 aliphatic rings. The van der Waals surface area contributed by atoms with Crippen molar-refractivity contribution in [1.29, 1.82) is 5.26 Å². The molecule has 0 bridgehead atoms. The summed E-state index contributed by atoms with van der Waals surface area (Å²) in [6, 6.07) is 4.84. The number of carbonyl (C=O) groups excluding carboxylic acids is 1. The summed E-state index contributed by atoms with van der Waals surface area (Å²) in [6.07, 6.45) is 0.367. The van der Waals surface area contributed by atoms with Gasteiger partial charge < -0.3 is 5.32 Å². The predicted molar refractivity (Wildman–Crippen MR) is 54.4 cm³/mol. The van der Waals surface area contributed by atoms with E-state index in [9.17, 15) is 13.6 Å². The first-order valence-electron chi connectivity index (χ1n) is 4.74. The molecule has 3 nitrogen and oxygen atoms in total. The van der Waals surface area contributed by atoms with E-state index in [4.69, 9.17) is 5.26 Å². The molecule has 0 radical (unpaired) electrons. The molecular weight excluding hydrogens is 214 g/mol. The van der Waals surface area contributed by atoms with Gasteiger partial charge in [-0.1, -0.05) is 6.92 Å². The van der Waals surface area contributed by atoms with Crippen molar-refractivity contribution in [2.45, 2.75) is 13.3 Å². The Morgan fingerprint density at radius 3 is 2.69 bits per heavy atom. The first-order valence-corrected chi connectivity index (χ1v) is 4.74. The third kappa shape index (κ3) is 2.76. The molecule has 0 saturated carbocycles. The average Bonchev–Trinajstić information content (AvgIpc) is 2.25. The van der Waals surface area contributed by atoms with Crippen LogP contribution in [0.3, 0.4) is 0 Å². The van der Waals surface area contributed by atoms with Gasteiger partial charge in [0.25, 0.3) is 0 Å². The molecule has 0 saturated heterocycles. The number of amides is 1. The van der Waals surface area contributed by atoms with Crippen LogP contribution in [0.2, 0.25) is 0 Å². The van der Waals surface area contributed by atoms with Crippen molar-refractivity contribution >= 4 is 11.6 Å². The molecule has 0 spiro atoms. The Hall–Kier alpha value is -1.96. The van der Waals surface area contributed by atoms with Crippen LogP contribution in [0.1, 0.15) is 13.3 Å². The summed E-state index contributed by atoms with van der Waals surface area (Å²) >= 11 is 0. The average molecular weight is 224 g/mol. The van der Waals surface area contributed by atoms with E-state index < -0.39 is 23.5 Å². The number of hydrogen-bond donors (Lipinski definition) is 1. The highest BCUT2D eigenvalue weighted by atomic mass is 19.2. The zero-order valence-corrected chi connectivity index (χ0v) is 8.63. The van der Waals surface area contributed by atoms with Gasteiger partial charge in [0.2, 0.25) is 5.91 Å². The lowest BCUT2D eigenvalue weighted by molar-refractivity contribution is -0.118. The molecule has 0 fully saturated rings. The van der Waals surface area contributed by atoms with E-state index in [0.29, 0.717) is 6.42 Å². The molecule has 1 aromatic carbocycles. The van der Waals surface area contributed by atoms with Gasteiger partial charge in [-0.25, -0.2) is 8.78 Å². The van der Waals surface area contributed by atoms with E-state index in [1.54, 1.807) is 6.92 Å². The maximum Gasteiger partial charge on any atom is 0.241 e. The van der Waals surface area contributed by atoms with Gasteiger partial charge in [0, 0.05) is 11.8 Å². The zero-order chi connectivity index (χ0) is 12.1. The minimum Gasteiger partial charge on any atom is -0.325 e. The van der Waals surface area contributed by atoms with Crippen molar-refractivity contribution in [3.8, 4) is 6.07 Å². The van der Waals surface area contributed by atoms with E-state index in [-0.39, 0.29) is 5.69 Å². The molecule has 0 heterocycles. The van der Waals surface area contributed by atoms with E-state index in [1.165, 1.54) is 6.07 Å². The SMILES string of the molecule is CCC(C#N)C(=O)Nc1ccc(F)c(F)c1. The van der Waals surface area contributed by atoms with Crippen molar-refractivity contribution in [3.05, 3.63) is 29.8 Å². The van der Waals surface area contributed by atoms with Crippen molar-refractivity contribution in [3.63, 3.8) is 0 Å². The summed E-state index contributed by atoms with van der Waals surface area (Å²) in [5, 5.41) is 11.0. The first kappa shape index (κ1) is 12.1. The van der Waals surface area contributed by atoms with E-state index in [1.807, 2.05) is 6.07 Å². The number of anilines is 1. The van der Waals surface area contributed by atoms with Crippen LogP contribution < -0.4 is 5.32 Å². The van der Waals surface area contributed by atoms with Crippen LogP contribution in [0.4, 0.5) is 14.5 Å². The third-order valence-corrected chi connectivity index (χ3v) is 2.07. The van der Waals surface area contributed by atoms with Gasteiger partial charge in [0.1, 0.15) is 5.92 Å². The molecule has 1 unspecified atom stereocenters. The summed E-state index contributed by atoms with van der Waals surface area (Å²) in [5.41, 5.74) is 0.137. The molecule has 16 heavy (non-hydrogen) atoms. The van der Waals surface area contributed by atoms with Gasteiger partial charge in [0.05, 0.1) is 6.07 Å². The highest BCUT2D eigenvalue weighted by molar-refractivity contribution is 5.94. The molecule has 1 N–H and O–H groups in total. The van der Waals surface area contributed by atoms with Gasteiger partial charge in [-0.15, -0.1) is 0 Å². The maximum atomic E-state index is 12.8. The monoisotopic (exact) mass is 224 g/mol. The van der Waals surface area contributed by atoms with Crippen LogP contribution in [-0.4, -0.2) is 5.91 Å². The lowest BCUT2D eigenvalue weighted by Gasteiger charge is -2.08. The number of rotatable bonds is 3. The van der Waals surface area contributed by atoms with Gasteiger partial charge in [-0.2, -0.15) is 5.26 Å². The number of halogens is 2. The number of benzene rings is 1. The topological polar surface area (TPSA) is 52.9 Å². The molecule has 1 aromatic rings. The lowest BCUT2D eigenvalue weighted by atomic mass is 10.1. The van der Waals surface area contributed by atoms with Gasteiger partial charge >= 0.3 is 0 Å². The predicted octanol–water partition coefficient (Wildman–Crippen LogP) is 2.45. The molecule has 5 heteroatoms. The summed E-state index contributed by atoms with van der Waals surface area (Å²) in [7, 11) is 0. The van der Waals surface area contributed by atoms with E-state index >= 15 is 0 Å².